The molecule has 2 aliphatic carbocycles. The van der Waals surface area contributed by atoms with Crippen LogP contribution < -0.4 is 5.32 Å². The van der Waals surface area contributed by atoms with Crippen molar-refractivity contribution in [1.82, 2.24) is 20.3 Å². The van der Waals surface area contributed by atoms with Gasteiger partial charge in [-0.25, -0.2) is 14.8 Å². The van der Waals surface area contributed by atoms with Gasteiger partial charge in [-0.15, -0.1) is 0 Å². The number of carbonyl (C=O) groups excluding carboxylic acids is 1. The van der Waals surface area contributed by atoms with E-state index in [0.29, 0.717) is 29.5 Å². The summed E-state index contributed by atoms with van der Waals surface area (Å²) in [5.74, 6) is -0.919. The van der Waals surface area contributed by atoms with Crippen LogP contribution in [0.3, 0.4) is 0 Å². The number of carboxylic acid groups (broad SMARTS) is 1. The van der Waals surface area contributed by atoms with Gasteiger partial charge in [-0.05, 0) is 82.8 Å². The lowest BCUT2D eigenvalue weighted by molar-refractivity contribution is -0.140. The zero-order valence-corrected chi connectivity index (χ0v) is 20.0. The second-order valence-electron chi connectivity index (χ2n) is 9.56. The van der Waals surface area contributed by atoms with E-state index in [0.717, 1.165) is 38.5 Å². The zero-order valence-electron chi connectivity index (χ0n) is 20.0. The van der Waals surface area contributed by atoms with E-state index < -0.39 is 17.9 Å². The number of nitrogens with one attached hydrogen (secondary N) is 1. The highest BCUT2D eigenvalue weighted by Crippen LogP contribution is 2.34. The minimum atomic E-state index is -1.08. The van der Waals surface area contributed by atoms with Gasteiger partial charge in [0.1, 0.15) is 12.4 Å². The number of hydrogen-bond donors (Lipinski definition) is 2. The number of pyridine rings is 1. The molecule has 0 aliphatic heterocycles. The normalized spacial score (nSPS) is 20.2. The number of aromatic nitrogens is 3. The minimum absolute atomic E-state index is 0.165. The van der Waals surface area contributed by atoms with E-state index in [2.05, 4.69) is 27.4 Å². The number of fused-ring (bicyclic) bond motifs is 1. The topological polar surface area (TPSA) is 114 Å². The molecule has 2 heterocycles. The predicted octanol–water partition coefficient (Wildman–Crippen LogP) is 3.37. The minimum Gasteiger partial charge on any atom is -0.480 e. The largest absolute Gasteiger partial charge is 0.480 e. The van der Waals surface area contributed by atoms with Crippen LogP contribution >= 0.6 is 0 Å². The molecule has 1 saturated carbocycles. The number of hydrogen-bond acceptors (Lipinski definition) is 6. The highest BCUT2D eigenvalue weighted by atomic mass is 16.5. The van der Waals surface area contributed by atoms with E-state index in [-0.39, 0.29) is 12.5 Å². The number of nitrogens with zero attached hydrogens (tertiary/aromatic N) is 3. The first-order chi connectivity index (χ1) is 16.4. The molecule has 8 nitrogen and oxygen atoms in total. The van der Waals surface area contributed by atoms with E-state index in [4.69, 9.17) is 9.72 Å². The van der Waals surface area contributed by atoms with Crippen LogP contribution in [0.2, 0.25) is 0 Å². The van der Waals surface area contributed by atoms with Crippen LogP contribution in [-0.2, 0) is 28.8 Å². The van der Waals surface area contributed by atoms with Gasteiger partial charge < -0.3 is 15.2 Å². The first kappa shape index (κ1) is 24.3. The highest BCUT2D eigenvalue weighted by Gasteiger charge is 2.30. The maximum Gasteiger partial charge on any atom is 0.326 e. The van der Waals surface area contributed by atoms with E-state index >= 15 is 0 Å². The molecular weight excluding hydrogens is 432 g/mol. The summed E-state index contributed by atoms with van der Waals surface area (Å²) in [6.45, 7) is 3.71. The number of amides is 1. The van der Waals surface area contributed by atoms with E-state index in [9.17, 15) is 14.7 Å². The van der Waals surface area contributed by atoms with Crippen molar-refractivity contribution >= 4 is 11.9 Å². The Hall–Kier alpha value is -2.87. The van der Waals surface area contributed by atoms with Crippen LogP contribution in [0.15, 0.2) is 18.5 Å². The molecule has 1 amide bonds. The summed E-state index contributed by atoms with van der Waals surface area (Å²) in [5, 5.41) is 12.1. The molecule has 1 atom stereocenters. The molecule has 2 aromatic heterocycles. The molecule has 182 valence electrons. The van der Waals surface area contributed by atoms with E-state index in [1.807, 2.05) is 0 Å². The summed E-state index contributed by atoms with van der Waals surface area (Å²) >= 11 is 0. The molecule has 1 fully saturated rings. The fraction of sp³-hybridized carbons (Fsp3) is 0.577. The Labute approximate surface area is 200 Å². The lowest BCUT2D eigenvalue weighted by Crippen LogP contribution is -2.42. The molecule has 0 spiro atoms. The molecule has 0 saturated heterocycles. The lowest BCUT2D eigenvalue weighted by atomic mass is 9.79. The molecule has 2 aliphatic rings. The predicted molar refractivity (Wildman–Crippen MR) is 127 cm³/mol. The molecule has 1 unspecified atom stereocenters. The Balaban J connectivity index is 1.17. The number of ether oxygens (including phenoxy) is 1. The Kier molecular flexibility index (Phi) is 7.88. The fourth-order valence-corrected chi connectivity index (χ4v) is 4.93. The van der Waals surface area contributed by atoms with Crippen molar-refractivity contribution in [2.75, 3.05) is 6.61 Å². The van der Waals surface area contributed by atoms with Crippen LogP contribution in [0.5, 0.6) is 0 Å². The van der Waals surface area contributed by atoms with Gasteiger partial charge in [-0.1, -0.05) is 6.07 Å². The van der Waals surface area contributed by atoms with E-state index in [1.54, 1.807) is 13.8 Å². The number of aliphatic carboxylic acids is 1. The van der Waals surface area contributed by atoms with Gasteiger partial charge in [-0.3, -0.25) is 9.78 Å². The molecule has 8 heteroatoms. The standard InChI is InChI=1S/C26H34N4O4/c1-16-24(17(2)28-15-27-16)25(31)30-23(26(32)33)11-12-34-21-13-18(14-21)7-9-20-10-8-19-5-3-4-6-22(19)29-20/h8,10,15,18,21,23H,3-7,9,11-14H2,1-2H3,(H,30,31)(H,32,33). The van der Waals surface area contributed by atoms with Gasteiger partial charge in [0.15, 0.2) is 0 Å². The van der Waals surface area contributed by atoms with E-state index in [1.165, 1.54) is 36.1 Å². The van der Waals surface area contributed by atoms with Crippen LogP contribution in [0.25, 0.3) is 0 Å². The van der Waals surface area contributed by atoms with Crippen molar-refractivity contribution in [1.29, 1.82) is 0 Å². The van der Waals surface area contributed by atoms with Crippen LogP contribution in [0.1, 0.15) is 77.2 Å². The second-order valence-corrected chi connectivity index (χ2v) is 9.56. The SMILES string of the molecule is Cc1ncnc(C)c1C(=O)NC(CCOC1CC(CCc2ccc3c(n2)CCCC3)C1)C(=O)O. The number of rotatable bonds is 10. The molecule has 0 radical (unpaired) electrons. The summed E-state index contributed by atoms with van der Waals surface area (Å²) in [6, 6.07) is 3.42. The summed E-state index contributed by atoms with van der Waals surface area (Å²) in [6.07, 6.45) is 10.7. The van der Waals surface area contributed by atoms with Gasteiger partial charge in [0.2, 0.25) is 0 Å². The molecule has 2 aromatic rings. The molecule has 34 heavy (non-hydrogen) atoms. The Morgan fingerprint density at radius 1 is 1.15 bits per heavy atom. The quantitative estimate of drug-likeness (QED) is 0.552. The number of aryl methyl sites for hydroxylation is 5. The zero-order chi connectivity index (χ0) is 24.1. The van der Waals surface area contributed by atoms with Crippen LogP contribution in [0, 0.1) is 19.8 Å². The van der Waals surface area contributed by atoms with Crippen molar-refractivity contribution in [3.8, 4) is 0 Å². The number of carbonyl (C=O) groups is 2. The van der Waals surface area contributed by atoms with Gasteiger partial charge >= 0.3 is 5.97 Å². The van der Waals surface area contributed by atoms with Crippen molar-refractivity contribution < 1.29 is 19.4 Å². The first-order valence-corrected chi connectivity index (χ1v) is 12.3. The van der Waals surface area contributed by atoms with Crippen molar-refractivity contribution in [3.05, 3.63) is 52.4 Å². The molecule has 0 bridgehead atoms. The Morgan fingerprint density at radius 2 is 1.88 bits per heavy atom. The summed E-state index contributed by atoms with van der Waals surface area (Å²) in [5.41, 5.74) is 5.28. The Bertz CT molecular complexity index is 1020. The monoisotopic (exact) mass is 466 g/mol. The summed E-state index contributed by atoms with van der Waals surface area (Å²) < 4.78 is 5.90. The number of carboxylic acids is 1. The second kappa shape index (κ2) is 11.0. The summed E-state index contributed by atoms with van der Waals surface area (Å²) in [4.78, 5) is 37.2. The third kappa shape index (κ3) is 5.97. The van der Waals surface area contributed by atoms with Crippen molar-refractivity contribution in [3.63, 3.8) is 0 Å². The molecule has 2 N–H and O–H groups in total. The van der Waals surface area contributed by atoms with Gasteiger partial charge in [-0.2, -0.15) is 0 Å². The average molecular weight is 467 g/mol. The lowest BCUT2D eigenvalue weighted by Gasteiger charge is -2.35. The molecular formula is C26H34N4O4. The smallest absolute Gasteiger partial charge is 0.326 e. The summed E-state index contributed by atoms with van der Waals surface area (Å²) in [7, 11) is 0. The van der Waals surface area contributed by atoms with Crippen molar-refractivity contribution in [2.45, 2.75) is 83.8 Å². The average Bonchev–Trinajstić information content (AvgIpc) is 2.78. The van der Waals surface area contributed by atoms with Crippen LogP contribution in [0.4, 0.5) is 0 Å². The maximum atomic E-state index is 12.6. The fourth-order valence-electron chi connectivity index (χ4n) is 4.93. The van der Waals surface area contributed by atoms with Gasteiger partial charge in [0, 0.05) is 24.4 Å². The van der Waals surface area contributed by atoms with Gasteiger partial charge in [0.05, 0.1) is 23.1 Å². The van der Waals surface area contributed by atoms with Crippen LogP contribution in [-0.4, -0.2) is 50.7 Å². The van der Waals surface area contributed by atoms with Gasteiger partial charge in [0.25, 0.3) is 5.91 Å². The highest BCUT2D eigenvalue weighted by molar-refractivity contribution is 5.98. The maximum absolute atomic E-state index is 12.6. The third-order valence-corrected chi connectivity index (χ3v) is 7.05. The Morgan fingerprint density at radius 3 is 2.62 bits per heavy atom. The molecule has 0 aromatic carbocycles. The molecule has 4 rings (SSSR count). The van der Waals surface area contributed by atoms with Crippen molar-refractivity contribution in [2.24, 2.45) is 5.92 Å². The third-order valence-electron chi connectivity index (χ3n) is 7.05. The first-order valence-electron chi connectivity index (χ1n) is 12.3.